The molecule has 0 amide bonds. The van der Waals surface area contributed by atoms with Gasteiger partial charge in [0.1, 0.15) is 17.8 Å². The van der Waals surface area contributed by atoms with Gasteiger partial charge in [0.2, 0.25) is 0 Å². The first-order valence-electron chi connectivity index (χ1n) is 4.93. The number of rotatable bonds is 5. The van der Waals surface area contributed by atoms with Crippen molar-refractivity contribution in [3.05, 3.63) is 29.6 Å². The number of hydrogen-bond donors (Lipinski definition) is 1. The molecule has 5 nitrogen and oxygen atoms in total. The molecule has 0 aliphatic rings. The summed E-state index contributed by atoms with van der Waals surface area (Å²) in [4.78, 5) is 14.9. The van der Waals surface area contributed by atoms with Gasteiger partial charge in [0, 0.05) is 17.7 Å². The minimum absolute atomic E-state index is 0.389. The van der Waals surface area contributed by atoms with Crippen LogP contribution in [0.2, 0.25) is 0 Å². The molecule has 0 radical (unpaired) electrons. The molecule has 2 N–H and O–H groups in total. The second kappa shape index (κ2) is 6.89. The largest absolute Gasteiger partial charge is 0.468 e. The quantitative estimate of drug-likeness (QED) is 0.774. The maximum absolute atomic E-state index is 11.0. The molecule has 0 aromatic carbocycles. The fraction of sp³-hybridized carbons (Fsp3) is 0.364. The summed E-state index contributed by atoms with van der Waals surface area (Å²) in [7, 11) is 1.31. The van der Waals surface area contributed by atoms with Gasteiger partial charge >= 0.3 is 5.97 Å². The van der Waals surface area contributed by atoms with Crippen LogP contribution in [0.5, 0.6) is 0 Å². The first kappa shape index (κ1) is 13.5. The summed E-state index contributed by atoms with van der Waals surface area (Å²) in [5.41, 5.74) is 6.96. The predicted molar refractivity (Wildman–Crippen MR) is 65.1 cm³/mol. The number of nitriles is 1. The van der Waals surface area contributed by atoms with E-state index in [1.54, 1.807) is 12.3 Å². The topological polar surface area (TPSA) is 89.0 Å². The summed E-state index contributed by atoms with van der Waals surface area (Å²) >= 11 is 1.51. The minimum Gasteiger partial charge on any atom is -0.468 e. The van der Waals surface area contributed by atoms with E-state index in [4.69, 9.17) is 11.0 Å². The molecule has 0 saturated heterocycles. The van der Waals surface area contributed by atoms with E-state index in [-0.39, 0.29) is 0 Å². The van der Waals surface area contributed by atoms with E-state index >= 15 is 0 Å². The third kappa shape index (κ3) is 4.43. The summed E-state index contributed by atoms with van der Waals surface area (Å²) in [5.74, 6) is 0.753. The molecule has 1 unspecified atom stereocenters. The molecule has 90 valence electrons. The van der Waals surface area contributed by atoms with E-state index in [2.05, 4.69) is 9.72 Å². The van der Waals surface area contributed by atoms with Crippen LogP contribution in [0, 0.1) is 11.3 Å². The summed E-state index contributed by atoms with van der Waals surface area (Å²) in [6.07, 6.45) is 1.59. The number of thioether (sulfide) groups is 1. The van der Waals surface area contributed by atoms with Gasteiger partial charge in [0.15, 0.2) is 0 Å². The number of carbonyl (C=O) groups is 1. The van der Waals surface area contributed by atoms with Crippen molar-refractivity contribution in [1.82, 2.24) is 4.98 Å². The molecule has 0 spiro atoms. The van der Waals surface area contributed by atoms with Gasteiger partial charge in [-0.25, -0.2) is 4.98 Å². The van der Waals surface area contributed by atoms with Crippen LogP contribution in [0.1, 0.15) is 11.3 Å². The Morgan fingerprint density at radius 1 is 1.76 bits per heavy atom. The lowest BCUT2D eigenvalue weighted by atomic mass is 10.2. The van der Waals surface area contributed by atoms with Gasteiger partial charge in [0.05, 0.1) is 7.11 Å². The Morgan fingerprint density at radius 2 is 2.53 bits per heavy atom. The lowest BCUT2D eigenvalue weighted by Gasteiger charge is -2.08. The van der Waals surface area contributed by atoms with Gasteiger partial charge in [-0.05, 0) is 17.7 Å². The van der Waals surface area contributed by atoms with Crippen LogP contribution in [0.25, 0.3) is 0 Å². The lowest BCUT2D eigenvalue weighted by molar-refractivity contribution is -0.141. The molecule has 1 aromatic heterocycles. The Labute approximate surface area is 104 Å². The fourth-order valence-corrected chi connectivity index (χ4v) is 2.07. The molecule has 1 heterocycles. The van der Waals surface area contributed by atoms with E-state index in [0.29, 0.717) is 17.2 Å². The van der Waals surface area contributed by atoms with Crippen molar-refractivity contribution in [1.29, 1.82) is 5.26 Å². The smallest absolute Gasteiger partial charge is 0.323 e. The van der Waals surface area contributed by atoms with Crippen molar-refractivity contribution in [2.24, 2.45) is 5.73 Å². The highest BCUT2D eigenvalue weighted by Gasteiger charge is 2.13. The van der Waals surface area contributed by atoms with Gasteiger partial charge in [0.25, 0.3) is 0 Å². The van der Waals surface area contributed by atoms with Crippen LogP contribution >= 0.6 is 11.8 Å². The van der Waals surface area contributed by atoms with Crippen molar-refractivity contribution in [2.45, 2.75) is 11.8 Å². The fourth-order valence-electron chi connectivity index (χ4n) is 1.15. The summed E-state index contributed by atoms with van der Waals surface area (Å²) < 4.78 is 4.52. The molecule has 0 aliphatic heterocycles. The van der Waals surface area contributed by atoms with Gasteiger partial charge in [-0.15, -0.1) is 0 Å². The number of pyridine rings is 1. The molecule has 1 rings (SSSR count). The molecule has 0 fully saturated rings. The molecule has 1 atom stereocenters. The molecular weight excluding hydrogens is 238 g/mol. The van der Waals surface area contributed by atoms with E-state index in [0.717, 1.165) is 5.56 Å². The van der Waals surface area contributed by atoms with Gasteiger partial charge in [-0.2, -0.15) is 17.0 Å². The number of esters is 1. The van der Waals surface area contributed by atoms with Crippen LogP contribution in [0.15, 0.2) is 18.3 Å². The maximum Gasteiger partial charge on any atom is 0.323 e. The highest BCUT2D eigenvalue weighted by atomic mass is 32.2. The van der Waals surface area contributed by atoms with Crippen molar-refractivity contribution >= 4 is 17.7 Å². The second-order valence-corrected chi connectivity index (χ2v) is 4.34. The third-order valence-corrected chi connectivity index (χ3v) is 3.14. The summed E-state index contributed by atoms with van der Waals surface area (Å²) in [6.45, 7) is 0. The number of nitrogens with zero attached hydrogens (tertiary/aromatic N) is 2. The zero-order chi connectivity index (χ0) is 12.7. The van der Waals surface area contributed by atoms with E-state index in [1.807, 2.05) is 12.1 Å². The van der Waals surface area contributed by atoms with E-state index in [1.165, 1.54) is 18.9 Å². The molecule has 0 saturated carbocycles. The Balaban J connectivity index is 2.41. The normalized spacial score (nSPS) is 11.6. The van der Waals surface area contributed by atoms with E-state index < -0.39 is 12.0 Å². The van der Waals surface area contributed by atoms with Crippen molar-refractivity contribution in [3.8, 4) is 6.07 Å². The zero-order valence-corrected chi connectivity index (χ0v) is 10.2. The number of nitrogens with two attached hydrogens (primary N) is 1. The van der Waals surface area contributed by atoms with Crippen molar-refractivity contribution in [2.75, 3.05) is 12.9 Å². The molecule has 0 aliphatic carbocycles. The first-order chi connectivity index (χ1) is 8.17. The Morgan fingerprint density at radius 3 is 3.18 bits per heavy atom. The number of carbonyl (C=O) groups excluding carboxylic acids is 1. The van der Waals surface area contributed by atoms with Crippen LogP contribution in [0.3, 0.4) is 0 Å². The lowest BCUT2D eigenvalue weighted by Crippen LogP contribution is -2.33. The Hall–Kier alpha value is -1.58. The van der Waals surface area contributed by atoms with Gasteiger partial charge in [-0.3, -0.25) is 4.79 Å². The monoisotopic (exact) mass is 251 g/mol. The van der Waals surface area contributed by atoms with Gasteiger partial charge in [-0.1, -0.05) is 0 Å². The average Bonchev–Trinajstić information content (AvgIpc) is 2.37. The summed E-state index contributed by atoms with van der Waals surface area (Å²) in [5, 5.41) is 8.68. The molecule has 1 aromatic rings. The number of aromatic nitrogens is 1. The maximum atomic E-state index is 11.0. The van der Waals surface area contributed by atoms with Crippen molar-refractivity contribution < 1.29 is 9.53 Å². The van der Waals surface area contributed by atoms with E-state index in [9.17, 15) is 4.79 Å². The highest BCUT2D eigenvalue weighted by molar-refractivity contribution is 7.98. The second-order valence-electron chi connectivity index (χ2n) is 3.31. The summed E-state index contributed by atoms with van der Waals surface area (Å²) in [6, 6.07) is 4.92. The Kier molecular flexibility index (Phi) is 5.46. The standard InChI is InChI=1S/C11H13N3O2S/c1-16-11(15)10(13)7-17-6-8-2-3-14-9(4-8)5-12/h2-4,10H,6-7,13H2,1H3. The van der Waals surface area contributed by atoms with Crippen molar-refractivity contribution in [3.63, 3.8) is 0 Å². The molecular formula is C11H13N3O2S. The zero-order valence-electron chi connectivity index (χ0n) is 9.42. The first-order valence-corrected chi connectivity index (χ1v) is 6.09. The van der Waals surface area contributed by atoms with Gasteiger partial charge < -0.3 is 10.5 Å². The third-order valence-electron chi connectivity index (χ3n) is 2.01. The molecule has 6 heteroatoms. The minimum atomic E-state index is -0.609. The van der Waals surface area contributed by atoms with Crippen LogP contribution in [0.4, 0.5) is 0 Å². The average molecular weight is 251 g/mol. The number of hydrogen-bond acceptors (Lipinski definition) is 6. The van der Waals surface area contributed by atoms with Crippen LogP contribution in [-0.4, -0.2) is 29.9 Å². The number of ether oxygens (including phenoxy) is 1. The molecule has 17 heavy (non-hydrogen) atoms. The van der Waals surface area contributed by atoms with Crippen LogP contribution in [-0.2, 0) is 15.3 Å². The number of methoxy groups -OCH3 is 1. The SMILES string of the molecule is COC(=O)C(N)CSCc1ccnc(C#N)c1. The molecule has 0 bridgehead atoms. The highest BCUT2D eigenvalue weighted by Crippen LogP contribution is 2.13. The Bertz CT molecular complexity index is 431. The van der Waals surface area contributed by atoms with Crippen LogP contribution < -0.4 is 5.73 Å². The predicted octanol–water partition coefficient (Wildman–Crippen LogP) is 0.687.